The van der Waals surface area contributed by atoms with Gasteiger partial charge in [0.05, 0.1) is 13.2 Å². The van der Waals surface area contributed by atoms with E-state index in [1.807, 2.05) is 6.08 Å². The van der Waals surface area contributed by atoms with Gasteiger partial charge in [0.2, 0.25) is 0 Å². The van der Waals surface area contributed by atoms with Crippen molar-refractivity contribution < 1.29 is 37.6 Å². The highest BCUT2D eigenvalue weighted by Crippen LogP contribution is 2.43. The van der Waals surface area contributed by atoms with Crippen LogP contribution in [0.25, 0.3) is 0 Å². The fraction of sp³-hybridized carbons (Fsp3) is 0.707. The van der Waals surface area contributed by atoms with Crippen molar-refractivity contribution in [1.29, 1.82) is 0 Å². The van der Waals surface area contributed by atoms with Gasteiger partial charge in [0, 0.05) is 19.4 Å². The van der Waals surface area contributed by atoms with Crippen LogP contribution in [-0.4, -0.2) is 49.3 Å². The molecule has 51 heavy (non-hydrogen) atoms. The van der Waals surface area contributed by atoms with Gasteiger partial charge in [-0.3, -0.25) is 18.6 Å². The summed E-state index contributed by atoms with van der Waals surface area (Å²) in [5.74, 6) is -0.939. The maximum atomic E-state index is 12.5. The molecule has 0 heterocycles. The molecule has 10 heteroatoms. The molecule has 0 saturated heterocycles. The molecule has 0 fully saturated rings. The van der Waals surface area contributed by atoms with Crippen molar-refractivity contribution in [3.8, 4) is 0 Å². The van der Waals surface area contributed by atoms with Gasteiger partial charge in [-0.1, -0.05) is 139 Å². The molecule has 9 nitrogen and oxygen atoms in total. The SMILES string of the molecule is CC/C=C/C/C=C/C/C=C/C/C=C/CCCCC(=O)O[C@H](COC(=O)CC/C=C/CCCCCCCCCCCCC)COP(=O)(O)OCCN. The molecule has 0 aliphatic carbocycles. The minimum atomic E-state index is -4.39. The quantitative estimate of drug-likeness (QED) is 0.0279. The fourth-order valence-electron chi connectivity index (χ4n) is 4.99. The average molecular weight is 738 g/mol. The van der Waals surface area contributed by atoms with Crippen molar-refractivity contribution in [2.45, 2.75) is 161 Å². The van der Waals surface area contributed by atoms with Crippen LogP contribution < -0.4 is 5.73 Å². The molecule has 0 rings (SSSR count). The third kappa shape index (κ3) is 37.3. The van der Waals surface area contributed by atoms with Crippen LogP contribution >= 0.6 is 7.82 Å². The molecular weight excluding hydrogens is 665 g/mol. The van der Waals surface area contributed by atoms with Gasteiger partial charge in [-0.2, -0.15) is 0 Å². The van der Waals surface area contributed by atoms with Crippen LogP contribution in [0.5, 0.6) is 0 Å². The van der Waals surface area contributed by atoms with E-state index in [1.165, 1.54) is 64.2 Å². The molecule has 1 unspecified atom stereocenters. The number of nitrogens with two attached hydrogens (primary N) is 1. The Morgan fingerprint density at radius 1 is 0.608 bits per heavy atom. The van der Waals surface area contributed by atoms with Crippen LogP contribution in [-0.2, 0) is 32.7 Å². The van der Waals surface area contributed by atoms with E-state index in [-0.39, 0.29) is 32.6 Å². The van der Waals surface area contributed by atoms with E-state index in [0.29, 0.717) is 12.8 Å². The molecule has 0 aliphatic heterocycles. The lowest BCUT2D eigenvalue weighted by molar-refractivity contribution is -0.161. The van der Waals surface area contributed by atoms with Crippen molar-refractivity contribution in [3.05, 3.63) is 60.8 Å². The molecule has 0 saturated carbocycles. The molecule has 2 atom stereocenters. The van der Waals surface area contributed by atoms with Gasteiger partial charge in [0.25, 0.3) is 0 Å². The minimum Gasteiger partial charge on any atom is -0.462 e. The lowest BCUT2D eigenvalue weighted by Gasteiger charge is -2.19. The monoisotopic (exact) mass is 737 g/mol. The van der Waals surface area contributed by atoms with Crippen LogP contribution in [0.1, 0.15) is 155 Å². The Morgan fingerprint density at radius 2 is 1.12 bits per heavy atom. The molecular formula is C41H72NO8P. The number of esters is 2. The van der Waals surface area contributed by atoms with E-state index in [0.717, 1.165) is 51.4 Å². The summed E-state index contributed by atoms with van der Waals surface area (Å²) in [5, 5.41) is 0. The summed E-state index contributed by atoms with van der Waals surface area (Å²) in [6.07, 6.45) is 42.7. The lowest BCUT2D eigenvalue weighted by Crippen LogP contribution is -2.29. The molecule has 0 aliphatic rings. The third-order valence-corrected chi connectivity index (χ3v) is 8.89. The summed E-state index contributed by atoms with van der Waals surface area (Å²) in [5.41, 5.74) is 5.33. The molecule has 0 spiro atoms. The zero-order valence-electron chi connectivity index (χ0n) is 32.1. The average Bonchev–Trinajstić information content (AvgIpc) is 3.11. The normalized spacial score (nSPS) is 14.0. The smallest absolute Gasteiger partial charge is 0.462 e. The van der Waals surface area contributed by atoms with E-state index in [4.69, 9.17) is 24.3 Å². The highest BCUT2D eigenvalue weighted by atomic mass is 31.2. The van der Waals surface area contributed by atoms with Crippen molar-refractivity contribution in [3.63, 3.8) is 0 Å². The minimum absolute atomic E-state index is 0.0403. The van der Waals surface area contributed by atoms with E-state index in [9.17, 15) is 19.0 Å². The number of phosphoric acid groups is 1. The summed E-state index contributed by atoms with van der Waals surface area (Å²) in [6.45, 7) is 3.51. The fourth-order valence-corrected chi connectivity index (χ4v) is 5.76. The molecule has 294 valence electrons. The van der Waals surface area contributed by atoms with E-state index < -0.39 is 32.5 Å². The Hall–Kier alpha value is -2.29. The summed E-state index contributed by atoms with van der Waals surface area (Å²) in [6, 6.07) is 0. The summed E-state index contributed by atoms with van der Waals surface area (Å²) in [7, 11) is -4.39. The first-order valence-corrected chi connectivity index (χ1v) is 21.3. The number of phosphoric ester groups is 1. The second-order valence-electron chi connectivity index (χ2n) is 12.8. The van der Waals surface area contributed by atoms with E-state index in [2.05, 4.69) is 68.5 Å². The maximum absolute atomic E-state index is 12.5. The molecule has 0 aromatic carbocycles. The largest absolute Gasteiger partial charge is 0.472 e. The molecule has 0 aromatic heterocycles. The third-order valence-electron chi connectivity index (χ3n) is 7.90. The van der Waals surface area contributed by atoms with Gasteiger partial charge in [0.15, 0.2) is 6.10 Å². The summed E-state index contributed by atoms with van der Waals surface area (Å²) in [4.78, 5) is 34.7. The molecule has 0 amide bonds. The van der Waals surface area contributed by atoms with Gasteiger partial charge in [0.1, 0.15) is 6.61 Å². The first-order valence-electron chi connectivity index (χ1n) is 19.8. The number of allylic oxidation sites excluding steroid dienone is 10. The second kappa shape index (κ2) is 37.5. The number of hydrogen-bond donors (Lipinski definition) is 2. The number of carbonyl (C=O) groups excluding carboxylic acids is 2. The number of carbonyl (C=O) groups is 2. The second-order valence-corrected chi connectivity index (χ2v) is 14.2. The van der Waals surface area contributed by atoms with Gasteiger partial charge >= 0.3 is 19.8 Å². The van der Waals surface area contributed by atoms with Crippen LogP contribution in [0, 0.1) is 0 Å². The number of unbranched alkanes of at least 4 members (excludes halogenated alkanes) is 13. The number of hydrogen-bond acceptors (Lipinski definition) is 8. The Morgan fingerprint density at radius 3 is 1.71 bits per heavy atom. The van der Waals surface area contributed by atoms with Gasteiger partial charge in [-0.15, -0.1) is 0 Å². The van der Waals surface area contributed by atoms with Crippen LogP contribution in [0.4, 0.5) is 0 Å². The molecule has 0 aromatic rings. The molecule has 0 radical (unpaired) electrons. The van der Waals surface area contributed by atoms with Crippen LogP contribution in [0.2, 0.25) is 0 Å². The van der Waals surface area contributed by atoms with Crippen molar-refractivity contribution in [2.75, 3.05) is 26.4 Å². The molecule has 0 bridgehead atoms. The van der Waals surface area contributed by atoms with Gasteiger partial charge in [-0.25, -0.2) is 4.57 Å². The summed E-state index contributed by atoms with van der Waals surface area (Å²) < 4.78 is 32.6. The predicted octanol–water partition coefficient (Wildman–Crippen LogP) is 10.9. The number of rotatable bonds is 36. The zero-order chi connectivity index (χ0) is 37.5. The highest BCUT2D eigenvalue weighted by molar-refractivity contribution is 7.47. The Balaban J connectivity index is 4.33. The van der Waals surface area contributed by atoms with Crippen molar-refractivity contribution >= 4 is 19.8 Å². The molecule has 3 N–H and O–H groups in total. The summed E-state index contributed by atoms with van der Waals surface area (Å²) >= 11 is 0. The van der Waals surface area contributed by atoms with Crippen LogP contribution in [0.3, 0.4) is 0 Å². The standard InChI is InChI=1S/C41H72NO8P/c1-3-5-7-9-11-13-15-17-19-21-23-25-27-29-31-33-40(43)47-37-39(38-49-51(45,46)48-36-35-42)50-41(44)34-32-30-28-26-24-22-20-18-16-14-12-10-8-6-4-2/h6,8,12,14,18,20,24,26-27,29,39H,3-5,7,9-11,13,15-17,19,21-23,25,28,30-38,42H2,1-2H3,(H,45,46)/b8-6+,14-12+,20-18+,26-24+,29-27+/t39-/m1/s1. The highest BCUT2D eigenvalue weighted by Gasteiger charge is 2.25. The Labute approximate surface area is 310 Å². The number of ether oxygens (including phenoxy) is 2. The Kier molecular flexibility index (Phi) is 35.8. The zero-order valence-corrected chi connectivity index (χ0v) is 33.0. The first kappa shape index (κ1) is 48.7. The lowest BCUT2D eigenvalue weighted by atomic mass is 10.1. The van der Waals surface area contributed by atoms with Gasteiger partial charge < -0.3 is 20.1 Å². The maximum Gasteiger partial charge on any atom is 0.472 e. The predicted molar refractivity (Wildman–Crippen MR) is 210 cm³/mol. The van der Waals surface area contributed by atoms with Crippen LogP contribution in [0.15, 0.2) is 60.8 Å². The van der Waals surface area contributed by atoms with E-state index in [1.54, 1.807) is 0 Å². The van der Waals surface area contributed by atoms with Crippen molar-refractivity contribution in [1.82, 2.24) is 0 Å². The topological polar surface area (TPSA) is 134 Å². The van der Waals surface area contributed by atoms with Crippen molar-refractivity contribution in [2.24, 2.45) is 5.73 Å². The first-order chi connectivity index (χ1) is 24.8. The van der Waals surface area contributed by atoms with Gasteiger partial charge in [-0.05, 0) is 64.2 Å². The Bertz CT molecular complexity index is 1020. The van der Waals surface area contributed by atoms with E-state index >= 15 is 0 Å².